The third-order valence-electron chi connectivity index (χ3n) is 2.51. The molecule has 0 radical (unpaired) electrons. The molecule has 0 aliphatic heterocycles. The molecule has 0 aliphatic rings. The number of ether oxygens (including phenoxy) is 2. The van der Waals surface area contributed by atoms with Crippen molar-refractivity contribution in [2.75, 3.05) is 13.2 Å². The molecule has 0 saturated heterocycles. The Hall–Kier alpha value is -1.77. The zero-order chi connectivity index (χ0) is 14.9. The SMILES string of the molecule is C=CC=CCCCCOC(=O)OCCCCC=CC=C. The van der Waals surface area contributed by atoms with Crippen molar-refractivity contribution in [2.45, 2.75) is 38.5 Å². The quantitative estimate of drug-likeness (QED) is 0.287. The summed E-state index contributed by atoms with van der Waals surface area (Å²) in [5, 5.41) is 0. The highest BCUT2D eigenvalue weighted by Crippen LogP contribution is 2.00. The van der Waals surface area contributed by atoms with E-state index in [0.29, 0.717) is 13.2 Å². The normalized spacial score (nSPS) is 10.8. The van der Waals surface area contributed by atoms with E-state index in [0.717, 1.165) is 38.5 Å². The lowest BCUT2D eigenvalue weighted by Gasteiger charge is -2.05. The molecule has 3 heteroatoms. The molecule has 0 amide bonds. The summed E-state index contributed by atoms with van der Waals surface area (Å²) in [6.45, 7) is 8.03. The van der Waals surface area contributed by atoms with Gasteiger partial charge in [-0.15, -0.1) is 0 Å². The van der Waals surface area contributed by atoms with Gasteiger partial charge in [0.25, 0.3) is 0 Å². The predicted octanol–water partition coefficient (Wildman–Crippen LogP) is 4.96. The van der Waals surface area contributed by atoms with E-state index in [9.17, 15) is 4.79 Å². The van der Waals surface area contributed by atoms with Crippen molar-refractivity contribution in [3.63, 3.8) is 0 Å². The van der Waals surface area contributed by atoms with Gasteiger partial charge in [0.05, 0.1) is 13.2 Å². The van der Waals surface area contributed by atoms with Gasteiger partial charge >= 0.3 is 6.16 Å². The van der Waals surface area contributed by atoms with Gasteiger partial charge in [0.1, 0.15) is 0 Å². The predicted molar refractivity (Wildman–Crippen MR) is 83.7 cm³/mol. The van der Waals surface area contributed by atoms with E-state index in [2.05, 4.69) is 13.2 Å². The van der Waals surface area contributed by atoms with Crippen molar-refractivity contribution in [3.05, 3.63) is 49.6 Å². The molecule has 0 N–H and O–H groups in total. The average Bonchev–Trinajstić information content (AvgIpc) is 2.45. The lowest BCUT2D eigenvalue weighted by Crippen LogP contribution is -2.09. The van der Waals surface area contributed by atoms with Gasteiger partial charge in [-0.25, -0.2) is 4.79 Å². The van der Waals surface area contributed by atoms with E-state index in [4.69, 9.17) is 9.47 Å². The first-order valence-electron chi connectivity index (χ1n) is 7.16. The Bertz CT molecular complexity index is 286. The maximum Gasteiger partial charge on any atom is 0.508 e. The number of hydrogen-bond acceptors (Lipinski definition) is 3. The molecule has 0 aliphatic carbocycles. The van der Waals surface area contributed by atoms with Crippen LogP contribution in [-0.4, -0.2) is 19.4 Å². The Kier molecular flexibility index (Phi) is 13.9. The highest BCUT2D eigenvalue weighted by atomic mass is 16.7. The molecule has 0 rings (SSSR count). The molecule has 0 aromatic carbocycles. The fourth-order valence-corrected chi connectivity index (χ4v) is 1.47. The molecule has 112 valence electrons. The number of carbonyl (C=O) groups excluding carboxylic acids is 1. The van der Waals surface area contributed by atoms with Crippen LogP contribution in [0.2, 0.25) is 0 Å². The summed E-state index contributed by atoms with van der Waals surface area (Å²) in [6, 6.07) is 0. The van der Waals surface area contributed by atoms with Crippen LogP contribution in [0.15, 0.2) is 49.6 Å². The summed E-state index contributed by atoms with van der Waals surface area (Å²) in [6.07, 6.45) is 16.5. The van der Waals surface area contributed by atoms with Gasteiger partial charge < -0.3 is 9.47 Å². The van der Waals surface area contributed by atoms with Crippen LogP contribution in [0.4, 0.5) is 4.79 Å². The molecule has 0 fully saturated rings. The van der Waals surface area contributed by atoms with E-state index in [1.807, 2.05) is 24.3 Å². The molecule has 0 spiro atoms. The van der Waals surface area contributed by atoms with E-state index in [1.165, 1.54) is 0 Å². The molecule has 0 aromatic heterocycles. The van der Waals surface area contributed by atoms with Crippen molar-refractivity contribution in [2.24, 2.45) is 0 Å². The Balaban J connectivity index is 3.28. The van der Waals surface area contributed by atoms with E-state index >= 15 is 0 Å². The summed E-state index contributed by atoms with van der Waals surface area (Å²) in [4.78, 5) is 11.2. The van der Waals surface area contributed by atoms with Crippen LogP contribution in [-0.2, 0) is 9.47 Å². The minimum absolute atomic E-state index is 0.419. The number of hydrogen-bond donors (Lipinski definition) is 0. The maximum absolute atomic E-state index is 11.2. The van der Waals surface area contributed by atoms with Crippen LogP contribution in [0, 0.1) is 0 Å². The molecular formula is C17H26O3. The summed E-state index contributed by atoms with van der Waals surface area (Å²) in [5.41, 5.74) is 0. The van der Waals surface area contributed by atoms with Crippen LogP contribution in [0.1, 0.15) is 38.5 Å². The average molecular weight is 278 g/mol. The Labute approximate surface area is 122 Å². The third-order valence-corrected chi connectivity index (χ3v) is 2.51. The Morgan fingerprint density at radius 3 is 1.65 bits per heavy atom. The van der Waals surface area contributed by atoms with Crippen LogP contribution in [0.25, 0.3) is 0 Å². The summed E-state index contributed by atoms with van der Waals surface area (Å²) in [5.74, 6) is 0. The minimum Gasteiger partial charge on any atom is -0.434 e. The molecule has 0 heterocycles. The van der Waals surface area contributed by atoms with Gasteiger partial charge in [-0.05, 0) is 38.5 Å². The highest BCUT2D eigenvalue weighted by molar-refractivity contribution is 5.59. The second-order valence-electron chi connectivity index (χ2n) is 4.27. The molecule has 0 unspecified atom stereocenters. The van der Waals surface area contributed by atoms with Crippen LogP contribution in [0.3, 0.4) is 0 Å². The second-order valence-corrected chi connectivity index (χ2v) is 4.27. The van der Waals surface area contributed by atoms with Gasteiger partial charge in [0.15, 0.2) is 0 Å². The maximum atomic E-state index is 11.2. The van der Waals surface area contributed by atoms with Gasteiger partial charge in [-0.1, -0.05) is 49.6 Å². The number of unbranched alkanes of at least 4 members (excludes halogenated alkanes) is 4. The zero-order valence-corrected chi connectivity index (χ0v) is 12.3. The lowest BCUT2D eigenvalue weighted by atomic mass is 10.2. The molecule has 20 heavy (non-hydrogen) atoms. The molecule has 0 bridgehead atoms. The number of allylic oxidation sites excluding steroid dienone is 6. The number of rotatable bonds is 12. The van der Waals surface area contributed by atoms with Crippen molar-refractivity contribution in [1.82, 2.24) is 0 Å². The monoisotopic (exact) mass is 278 g/mol. The molecule has 3 nitrogen and oxygen atoms in total. The van der Waals surface area contributed by atoms with Gasteiger partial charge in [-0.3, -0.25) is 0 Å². The first kappa shape index (κ1) is 18.2. The first-order chi connectivity index (χ1) is 9.81. The largest absolute Gasteiger partial charge is 0.508 e. The standard InChI is InChI=1S/C17H26O3/c1-3-5-7-9-11-13-15-19-17(18)20-16-14-12-10-8-6-4-2/h3-8H,1-2,9-16H2. The summed E-state index contributed by atoms with van der Waals surface area (Å²) in [7, 11) is 0. The molecule has 0 saturated carbocycles. The van der Waals surface area contributed by atoms with Gasteiger partial charge in [0.2, 0.25) is 0 Å². The van der Waals surface area contributed by atoms with E-state index < -0.39 is 6.16 Å². The molecular weight excluding hydrogens is 252 g/mol. The third kappa shape index (κ3) is 14.3. The summed E-state index contributed by atoms with van der Waals surface area (Å²) >= 11 is 0. The van der Waals surface area contributed by atoms with Crippen molar-refractivity contribution >= 4 is 6.16 Å². The van der Waals surface area contributed by atoms with E-state index in [1.54, 1.807) is 12.2 Å². The fourth-order valence-electron chi connectivity index (χ4n) is 1.47. The van der Waals surface area contributed by atoms with Crippen LogP contribution >= 0.6 is 0 Å². The Morgan fingerprint density at radius 2 is 1.25 bits per heavy atom. The van der Waals surface area contributed by atoms with Crippen molar-refractivity contribution in [3.8, 4) is 0 Å². The minimum atomic E-state index is -0.562. The van der Waals surface area contributed by atoms with Crippen LogP contribution < -0.4 is 0 Å². The summed E-state index contributed by atoms with van der Waals surface area (Å²) < 4.78 is 9.92. The molecule has 0 atom stereocenters. The first-order valence-corrected chi connectivity index (χ1v) is 7.16. The Morgan fingerprint density at radius 1 is 0.800 bits per heavy atom. The lowest BCUT2D eigenvalue weighted by molar-refractivity contribution is 0.0532. The fraction of sp³-hybridized carbons (Fsp3) is 0.471. The smallest absolute Gasteiger partial charge is 0.434 e. The van der Waals surface area contributed by atoms with Crippen molar-refractivity contribution in [1.29, 1.82) is 0 Å². The zero-order valence-electron chi connectivity index (χ0n) is 12.3. The molecule has 0 aromatic rings. The highest BCUT2D eigenvalue weighted by Gasteiger charge is 2.02. The van der Waals surface area contributed by atoms with Gasteiger partial charge in [0, 0.05) is 0 Å². The number of carbonyl (C=O) groups is 1. The van der Waals surface area contributed by atoms with E-state index in [-0.39, 0.29) is 0 Å². The second kappa shape index (κ2) is 15.3. The van der Waals surface area contributed by atoms with Crippen LogP contribution in [0.5, 0.6) is 0 Å². The topological polar surface area (TPSA) is 35.5 Å². The van der Waals surface area contributed by atoms with Crippen molar-refractivity contribution < 1.29 is 14.3 Å². The van der Waals surface area contributed by atoms with Gasteiger partial charge in [-0.2, -0.15) is 0 Å².